The van der Waals surface area contributed by atoms with Crippen LogP contribution < -0.4 is 16.1 Å². The number of carbonyl (C=O) groups is 2. The summed E-state index contributed by atoms with van der Waals surface area (Å²) in [6, 6.07) is 1.17. The fourth-order valence-corrected chi connectivity index (χ4v) is 2.32. The van der Waals surface area contributed by atoms with Gasteiger partial charge >= 0.3 is 13.1 Å². The van der Waals surface area contributed by atoms with Crippen molar-refractivity contribution < 1.29 is 18.9 Å². The molecular weight excluding hydrogens is 309 g/mol. The van der Waals surface area contributed by atoms with Crippen LogP contribution in [0.1, 0.15) is 51.9 Å². The Hall–Kier alpha value is -1.93. The van der Waals surface area contributed by atoms with Crippen LogP contribution in [0.2, 0.25) is 0 Å². The number of urea groups is 1. The van der Waals surface area contributed by atoms with Crippen molar-refractivity contribution in [3.63, 3.8) is 0 Å². The smallest absolute Gasteiger partial charge is 0.399 e. The highest BCUT2D eigenvalue weighted by Crippen LogP contribution is 2.36. The number of amides is 2. The molecule has 0 radical (unpaired) electrons. The zero-order valence-electron chi connectivity index (χ0n) is 15.0. The fourth-order valence-electron chi connectivity index (χ4n) is 2.32. The van der Waals surface area contributed by atoms with Crippen molar-refractivity contribution in [2.24, 2.45) is 0 Å². The normalized spacial score (nSPS) is 18.3. The van der Waals surface area contributed by atoms with Gasteiger partial charge in [-0.1, -0.05) is 0 Å². The first-order valence-corrected chi connectivity index (χ1v) is 7.99. The molecule has 0 aromatic carbocycles. The van der Waals surface area contributed by atoms with E-state index in [1.165, 1.54) is 19.2 Å². The number of hydrogen-bond donors (Lipinski definition) is 2. The van der Waals surface area contributed by atoms with Gasteiger partial charge in [-0.2, -0.15) is 0 Å². The molecule has 2 heterocycles. The van der Waals surface area contributed by atoms with Gasteiger partial charge < -0.3 is 14.6 Å². The molecule has 0 unspecified atom stereocenters. The van der Waals surface area contributed by atoms with Crippen LogP contribution in [0.25, 0.3) is 0 Å². The number of hydrogen-bond acceptors (Lipinski definition) is 5. The van der Waals surface area contributed by atoms with E-state index in [4.69, 9.17) is 9.31 Å². The Kier molecular flexibility index (Phi) is 5.01. The molecule has 1 aromatic heterocycles. The molecule has 0 saturated carbocycles. The van der Waals surface area contributed by atoms with Crippen molar-refractivity contribution in [2.45, 2.75) is 52.7 Å². The highest BCUT2D eigenvalue weighted by atomic mass is 16.7. The van der Waals surface area contributed by atoms with Crippen LogP contribution in [-0.4, -0.2) is 41.7 Å². The molecule has 0 atom stereocenters. The lowest BCUT2D eigenvalue weighted by molar-refractivity contribution is 0.00578. The van der Waals surface area contributed by atoms with Crippen LogP contribution in [0.3, 0.4) is 0 Å². The molecule has 1 fully saturated rings. The van der Waals surface area contributed by atoms with Crippen LogP contribution in [0.5, 0.6) is 0 Å². The van der Waals surface area contributed by atoms with Gasteiger partial charge in [0, 0.05) is 23.8 Å². The van der Waals surface area contributed by atoms with E-state index in [-0.39, 0.29) is 11.8 Å². The minimum absolute atomic E-state index is 0.152. The molecule has 0 aliphatic carbocycles. The number of Topliss-reactive ketones (excluding diaryl/α,β-unsaturated/α-hetero) is 1. The van der Waals surface area contributed by atoms with E-state index in [1.807, 2.05) is 34.6 Å². The van der Waals surface area contributed by atoms with Crippen LogP contribution in [0.15, 0.2) is 12.3 Å². The molecule has 1 aliphatic rings. The van der Waals surface area contributed by atoms with Gasteiger partial charge in [-0.15, -0.1) is 0 Å². The van der Waals surface area contributed by atoms with Gasteiger partial charge in [-0.3, -0.25) is 10.1 Å². The molecule has 0 bridgehead atoms. The number of nitrogens with one attached hydrogen (secondary N) is 2. The first-order chi connectivity index (χ1) is 11.1. The Bertz CT molecular complexity index is 645. The summed E-state index contributed by atoms with van der Waals surface area (Å²) in [7, 11) is -0.681. The zero-order chi connectivity index (χ0) is 18.1. The summed E-state index contributed by atoms with van der Waals surface area (Å²) in [5.74, 6) is 0.146. The monoisotopic (exact) mass is 333 g/mol. The molecule has 130 valence electrons. The van der Waals surface area contributed by atoms with Gasteiger partial charge in [0.15, 0.2) is 5.78 Å². The standard InChI is InChI=1S/C16H24BN3O4/c1-7-18-14(22)20-13-8-11(10(2)21)12(9-19-13)17-23-15(3,4)16(5,6)24-17/h8-9H,7H2,1-6H3,(H2,18,19,20,22). The SMILES string of the molecule is CCNC(=O)Nc1cc(C(C)=O)c(B2OC(C)(C)C(C)(C)O2)cn1. The molecule has 1 saturated heterocycles. The summed E-state index contributed by atoms with van der Waals surface area (Å²) < 4.78 is 12.0. The van der Waals surface area contributed by atoms with E-state index < -0.39 is 18.3 Å². The molecule has 24 heavy (non-hydrogen) atoms. The highest BCUT2D eigenvalue weighted by molar-refractivity contribution is 6.63. The number of carbonyl (C=O) groups excluding carboxylic acids is 2. The van der Waals surface area contributed by atoms with Crippen molar-refractivity contribution in [1.82, 2.24) is 10.3 Å². The molecule has 7 nitrogen and oxygen atoms in total. The second-order valence-electron chi connectivity index (χ2n) is 6.79. The third kappa shape index (κ3) is 3.60. The van der Waals surface area contributed by atoms with E-state index in [0.717, 1.165) is 0 Å². The quantitative estimate of drug-likeness (QED) is 0.647. The second-order valence-corrected chi connectivity index (χ2v) is 6.79. The maximum absolute atomic E-state index is 12.0. The predicted molar refractivity (Wildman–Crippen MR) is 92.7 cm³/mol. The maximum atomic E-state index is 12.0. The van der Waals surface area contributed by atoms with Gasteiger partial charge in [-0.25, -0.2) is 9.78 Å². The lowest BCUT2D eigenvalue weighted by Crippen LogP contribution is -2.41. The minimum atomic E-state index is -0.681. The topological polar surface area (TPSA) is 89.6 Å². The third-order valence-corrected chi connectivity index (χ3v) is 4.40. The third-order valence-electron chi connectivity index (χ3n) is 4.40. The average molecular weight is 333 g/mol. The summed E-state index contributed by atoms with van der Waals surface area (Å²) in [6.45, 7) is 11.5. The molecule has 0 spiro atoms. The largest absolute Gasteiger partial charge is 0.497 e. The van der Waals surface area contributed by atoms with E-state index in [0.29, 0.717) is 23.4 Å². The van der Waals surface area contributed by atoms with Crippen molar-refractivity contribution in [2.75, 3.05) is 11.9 Å². The van der Waals surface area contributed by atoms with Gasteiger partial charge in [0.05, 0.1) is 11.2 Å². The molecule has 2 rings (SSSR count). The number of anilines is 1. The van der Waals surface area contributed by atoms with Gasteiger partial charge in [0.2, 0.25) is 0 Å². The summed E-state index contributed by atoms with van der Waals surface area (Å²) >= 11 is 0. The van der Waals surface area contributed by atoms with E-state index in [2.05, 4.69) is 15.6 Å². The van der Waals surface area contributed by atoms with E-state index >= 15 is 0 Å². The second kappa shape index (κ2) is 6.53. The van der Waals surface area contributed by atoms with E-state index in [9.17, 15) is 9.59 Å². The Morgan fingerprint density at radius 3 is 2.29 bits per heavy atom. The van der Waals surface area contributed by atoms with Gasteiger partial charge in [0.25, 0.3) is 0 Å². The van der Waals surface area contributed by atoms with Gasteiger partial charge in [-0.05, 0) is 47.6 Å². The van der Waals surface area contributed by atoms with Crippen LogP contribution in [-0.2, 0) is 9.31 Å². The minimum Gasteiger partial charge on any atom is -0.399 e. The summed E-state index contributed by atoms with van der Waals surface area (Å²) in [5.41, 5.74) is -0.0502. The molecule has 1 aromatic rings. The molecule has 8 heteroatoms. The fraction of sp³-hybridized carbons (Fsp3) is 0.562. The van der Waals surface area contributed by atoms with Crippen LogP contribution in [0.4, 0.5) is 10.6 Å². The molecular formula is C16H24BN3O4. The van der Waals surface area contributed by atoms with Crippen molar-refractivity contribution >= 4 is 30.2 Å². The summed E-state index contributed by atoms with van der Waals surface area (Å²) in [5, 5.41) is 5.20. The number of ketones is 1. The Balaban J connectivity index is 2.32. The molecule has 1 aliphatic heterocycles. The van der Waals surface area contributed by atoms with E-state index in [1.54, 1.807) is 0 Å². The number of pyridine rings is 1. The number of rotatable bonds is 4. The van der Waals surface area contributed by atoms with Crippen molar-refractivity contribution in [3.8, 4) is 0 Å². The lowest BCUT2D eigenvalue weighted by atomic mass is 9.76. The summed E-state index contributed by atoms with van der Waals surface area (Å²) in [6.07, 6.45) is 1.51. The number of aromatic nitrogens is 1. The average Bonchev–Trinajstić information content (AvgIpc) is 2.67. The molecule has 2 amide bonds. The zero-order valence-corrected chi connectivity index (χ0v) is 15.0. The number of nitrogens with zero attached hydrogens (tertiary/aromatic N) is 1. The Morgan fingerprint density at radius 2 is 1.79 bits per heavy atom. The van der Waals surface area contributed by atoms with Gasteiger partial charge in [0.1, 0.15) is 5.82 Å². The maximum Gasteiger partial charge on any atom is 0.497 e. The first-order valence-electron chi connectivity index (χ1n) is 7.99. The Labute approximate surface area is 142 Å². The van der Waals surface area contributed by atoms with Crippen LogP contribution >= 0.6 is 0 Å². The Morgan fingerprint density at radius 1 is 1.21 bits per heavy atom. The lowest BCUT2D eigenvalue weighted by Gasteiger charge is -2.32. The van der Waals surface area contributed by atoms with Crippen LogP contribution in [0, 0.1) is 0 Å². The summed E-state index contributed by atoms with van der Waals surface area (Å²) in [4.78, 5) is 27.9. The van der Waals surface area contributed by atoms with Crippen molar-refractivity contribution in [3.05, 3.63) is 17.8 Å². The molecule has 2 N–H and O–H groups in total. The van der Waals surface area contributed by atoms with Crippen molar-refractivity contribution in [1.29, 1.82) is 0 Å². The first kappa shape index (κ1) is 18.4. The highest BCUT2D eigenvalue weighted by Gasteiger charge is 2.52. The predicted octanol–water partition coefficient (Wildman–Crippen LogP) is 1.72.